The minimum Gasteiger partial charge on any atom is -0.484 e. The van der Waals surface area contributed by atoms with Crippen LogP contribution in [0.5, 0.6) is 5.75 Å². The number of ether oxygens (including phenoxy) is 2. The van der Waals surface area contributed by atoms with Gasteiger partial charge in [-0.25, -0.2) is 4.99 Å². The highest BCUT2D eigenvalue weighted by Crippen LogP contribution is 2.18. The molecule has 1 aromatic carbocycles. The average Bonchev–Trinajstić information content (AvgIpc) is 3.25. The van der Waals surface area contributed by atoms with Gasteiger partial charge in [0.1, 0.15) is 5.75 Å². The van der Waals surface area contributed by atoms with Crippen molar-refractivity contribution < 1.29 is 14.3 Å². The Hall–Kier alpha value is -2.32. The molecule has 0 aliphatic carbocycles. The summed E-state index contributed by atoms with van der Waals surface area (Å²) in [6.07, 6.45) is 3.44. The Morgan fingerprint density at radius 1 is 1.33 bits per heavy atom. The molecule has 0 saturated carbocycles. The molecule has 30 heavy (non-hydrogen) atoms. The highest BCUT2D eigenvalue weighted by Gasteiger charge is 2.24. The standard InChI is InChI=1S/C22H35N5O3/c1-2-24-22(25-13-17-4-3-5-20(12-17)30-16-21(23)28)26-19-6-9-27(10-7-19)14-18-8-11-29-15-18/h3-5,12,18-19H,2,6-11,13-16H2,1H3,(H2,23,28)(H2,24,25,26). The summed E-state index contributed by atoms with van der Waals surface area (Å²) in [4.78, 5) is 18.2. The second-order valence-corrected chi connectivity index (χ2v) is 8.05. The van der Waals surface area contributed by atoms with Crippen LogP contribution in [-0.2, 0) is 16.1 Å². The maximum absolute atomic E-state index is 10.9. The molecular formula is C22H35N5O3. The predicted molar refractivity (Wildman–Crippen MR) is 117 cm³/mol. The molecule has 2 fully saturated rings. The van der Waals surface area contributed by atoms with Crippen LogP contribution < -0.4 is 21.1 Å². The lowest BCUT2D eigenvalue weighted by Crippen LogP contribution is -2.49. The van der Waals surface area contributed by atoms with Crippen LogP contribution in [0.4, 0.5) is 0 Å². The third-order valence-electron chi connectivity index (χ3n) is 5.51. The number of aliphatic imine (C=N–C) groups is 1. The number of carbonyl (C=O) groups excluding carboxylic acids is 1. The van der Waals surface area contributed by atoms with Crippen molar-refractivity contribution in [1.82, 2.24) is 15.5 Å². The molecule has 8 heteroatoms. The molecule has 2 heterocycles. The summed E-state index contributed by atoms with van der Waals surface area (Å²) < 4.78 is 10.9. The molecule has 0 aromatic heterocycles. The molecule has 2 aliphatic heterocycles. The van der Waals surface area contributed by atoms with Gasteiger partial charge in [0.05, 0.1) is 13.2 Å². The first-order chi connectivity index (χ1) is 14.6. The van der Waals surface area contributed by atoms with Gasteiger partial charge in [-0.1, -0.05) is 12.1 Å². The summed E-state index contributed by atoms with van der Waals surface area (Å²) >= 11 is 0. The zero-order valence-electron chi connectivity index (χ0n) is 17.9. The lowest BCUT2D eigenvalue weighted by atomic mass is 10.0. The van der Waals surface area contributed by atoms with Crippen molar-refractivity contribution in [1.29, 1.82) is 0 Å². The molecule has 2 saturated heterocycles. The van der Waals surface area contributed by atoms with Crippen molar-refractivity contribution in [2.75, 3.05) is 46.0 Å². The van der Waals surface area contributed by atoms with Crippen LogP contribution in [0.25, 0.3) is 0 Å². The minimum absolute atomic E-state index is 0.122. The zero-order valence-corrected chi connectivity index (χ0v) is 17.9. The number of hydrogen-bond acceptors (Lipinski definition) is 5. The zero-order chi connectivity index (χ0) is 21.2. The van der Waals surface area contributed by atoms with E-state index in [0.29, 0.717) is 24.3 Å². The van der Waals surface area contributed by atoms with Crippen molar-refractivity contribution in [2.24, 2.45) is 16.6 Å². The van der Waals surface area contributed by atoms with Gasteiger partial charge in [0.15, 0.2) is 12.6 Å². The van der Waals surface area contributed by atoms with Crippen LogP contribution in [0.2, 0.25) is 0 Å². The number of rotatable bonds is 9. The quantitative estimate of drug-likeness (QED) is 0.411. The van der Waals surface area contributed by atoms with E-state index in [9.17, 15) is 4.79 Å². The van der Waals surface area contributed by atoms with E-state index in [-0.39, 0.29) is 6.61 Å². The van der Waals surface area contributed by atoms with Crippen LogP contribution in [-0.4, -0.2) is 68.8 Å². The monoisotopic (exact) mass is 417 g/mol. The summed E-state index contributed by atoms with van der Waals surface area (Å²) in [5, 5.41) is 6.93. The van der Waals surface area contributed by atoms with Gasteiger partial charge in [0.2, 0.25) is 0 Å². The smallest absolute Gasteiger partial charge is 0.255 e. The Morgan fingerprint density at radius 3 is 2.87 bits per heavy atom. The molecule has 0 radical (unpaired) electrons. The summed E-state index contributed by atoms with van der Waals surface area (Å²) in [5.74, 6) is 1.68. The average molecular weight is 418 g/mol. The second kappa shape index (κ2) is 11.8. The molecule has 1 aromatic rings. The fourth-order valence-electron chi connectivity index (χ4n) is 3.92. The Bertz CT molecular complexity index is 698. The molecule has 8 nitrogen and oxygen atoms in total. The van der Waals surface area contributed by atoms with Crippen LogP contribution >= 0.6 is 0 Å². The SMILES string of the molecule is CCNC(=NCc1cccc(OCC(N)=O)c1)NC1CCN(CC2CCOC2)CC1. The van der Waals surface area contributed by atoms with E-state index in [2.05, 4.69) is 22.5 Å². The normalized spacial score (nSPS) is 20.8. The second-order valence-electron chi connectivity index (χ2n) is 8.05. The number of hydrogen-bond donors (Lipinski definition) is 3. The number of likely N-dealkylation sites (tertiary alicyclic amines) is 1. The number of primary amides is 1. The maximum atomic E-state index is 10.9. The first kappa shape index (κ1) is 22.4. The van der Waals surface area contributed by atoms with Gasteiger partial charge in [-0.15, -0.1) is 0 Å². The van der Waals surface area contributed by atoms with Gasteiger partial charge in [-0.2, -0.15) is 0 Å². The number of piperidine rings is 1. The van der Waals surface area contributed by atoms with Crippen LogP contribution in [0.15, 0.2) is 29.3 Å². The lowest BCUT2D eigenvalue weighted by Gasteiger charge is -2.34. The number of amides is 1. The molecule has 1 unspecified atom stereocenters. The summed E-state index contributed by atoms with van der Waals surface area (Å²) in [5.41, 5.74) is 6.15. The molecule has 3 rings (SSSR count). The topological polar surface area (TPSA) is 101 Å². The third-order valence-corrected chi connectivity index (χ3v) is 5.51. The van der Waals surface area contributed by atoms with E-state index in [4.69, 9.17) is 20.2 Å². The Labute approximate surface area is 179 Å². The van der Waals surface area contributed by atoms with Crippen molar-refractivity contribution >= 4 is 11.9 Å². The van der Waals surface area contributed by atoms with Crippen LogP contribution in [0, 0.1) is 5.92 Å². The van der Waals surface area contributed by atoms with Gasteiger partial charge in [-0.3, -0.25) is 4.79 Å². The number of benzene rings is 1. The number of nitrogens with zero attached hydrogens (tertiary/aromatic N) is 2. The van der Waals surface area contributed by atoms with Gasteiger partial charge in [0, 0.05) is 38.8 Å². The van der Waals surface area contributed by atoms with E-state index in [1.54, 1.807) is 0 Å². The van der Waals surface area contributed by atoms with Crippen molar-refractivity contribution in [3.63, 3.8) is 0 Å². The van der Waals surface area contributed by atoms with Gasteiger partial charge in [0.25, 0.3) is 5.91 Å². The first-order valence-electron chi connectivity index (χ1n) is 11.0. The van der Waals surface area contributed by atoms with Crippen molar-refractivity contribution in [3.8, 4) is 5.75 Å². The van der Waals surface area contributed by atoms with Gasteiger partial charge >= 0.3 is 0 Å². The predicted octanol–water partition coefficient (Wildman–Crippen LogP) is 1.11. The van der Waals surface area contributed by atoms with Crippen LogP contribution in [0.3, 0.4) is 0 Å². The minimum atomic E-state index is -0.486. The van der Waals surface area contributed by atoms with E-state index in [0.717, 1.165) is 63.8 Å². The van der Waals surface area contributed by atoms with E-state index >= 15 is 0 Å². The summed E-state index contributed by atoms with van der Waals surface area (Å²) in [6, 6.07) is 8.03. The molecular weight excluding hydrogens is 382 g/mol. The summed E-state index contributed by atoms with van der Waals surface area (Å²) in [6.45, 7) is 8.53. The summed E-state index contributed by atoms with van der Waals surface area (Å²) in [7, 11) is 0. The highest BCUT2D eigenvalue weighted by molar-refractivity contribution is 5.80. The lowest BCUT2D eigenvalue weighted by molar-refractivity contribution is -0.119. The Balaban J connectivity index is 1.47. The first-order valence-corrected chi connectivity index (χ1v) is 11.0. The number of nitrogens with one attached hydrogen (secondary N) is 2. The molecule has 1 atom stereocenters. The molecule has 4 N–H and O–H groups in total. The number of carbonyl (C=O) groups is 1. The molecule has 0 spiro atoms. The maximum Gasteiger partial charge on any atom is 0.255 e. The third kappa shape index (κ3) is 7.50. The fraction of sp³-hybridized carbons (Fsp3) is 0.636. The fourth-order valence-corrected chi connectivity index (χ4v) is 3.92. The van der Waals surface area contributed by atoms with Crippen molar-refractivity contribution in [2.45, 2.75) is 38.8 Å². The largest absolute Gasteiger partial charge is 0.484 e. The number of guanidine groups is 1. The van der Waals surface area contributed by atoms with Gasteiger partial charge in [-0.05, 0) is 49.8 Å². The number of nitrogens with two attached hydrogens (primary N) is 1. The molecule has 166 valence electrons. The van der Waals surface area contributed by atoms with Crippen LogP contribution in [0.1, 0.15) is 31.7 Å². The molecule has 1 amide bonds. The van der Waals surface area contributed by atoms with E-state index in [1.807, 2.05) is 24.3 Å². The van der Waals surface area contributed by atoms with E-state index < -0.39 is 5.91 Å². The van der Waals surface area contributed by atoms with Gasteiger partial charge < -0.3 is 30.7 Å². The molecule has 0 bridgehead atoms. The highest BCUT2D eigenvalue weighted by atomic mass is 16.5. The molecule has 2 aliphatic rings. The Morgan fingerprint density at radius 2 is 2.17 bits per heavy atom. The Kier molecular flexibility index (Phi) is 8.77. The van der Waals surface area contributed by atoms with Crippen molar-refractivity contribution in [3.05, 3.63) is 29.8 Å². The van der Waals surface area contributed by atoms with E-state index in [1.165, 1.54) is 6.42 Å².